The molecule has 3 fully saturated rings. The highest BCUT2D eigenvalue weighted by Crippen LogP contribution is 2.68. The third-order valence-corrected chi connectivity index (χ3v) is 4.50. The molecule has 1 saturated heterocycles. The van der Waals surface area contributed by atoms with Crippen LogP contribution in [0.1, 0.15) is 44.9 Å². The molecular formula is C11H15NO. The highest BCUT2D eigenvalue weighted by atomic mass is 16.6. The van der Waals surface area contributed by atoms with Crippen LogP contribution in [0.5, 0.6) is 0 Å². The number of ether oxygens (including phenoxy) is 1. The molecule has 2 spiro atoms. The lowest BCUT2D eigenvalue weighted by atomic mass is 9.52. The van der Waals surface area contributed by atoms with Crippen molar-refractivity contribution in [1.82, 2.24) is 0 Å². The molecule has 2 unspecified atom stereocenters. The van der Waals surface area contributed by atoms with Gasteiger partial charge in [-0.1, -0.05) is 19.3 Å². The SMILES string of the molecule is N#CC1OC12CCC21CCCCC1. The first-order valence-corrected chi connectivity index (χ1v) is 5.40. The van der Waals surface area contributed by atoms with Gasteiger partial charge in [0.1, 0.15) is 5.60 Å². The molecule has 0 aromatic rings. The Balaban J connectivity index is 1.82. The zero-order chi connectivity index (χ0) is 8.94. The Morgan fingerprint density at radius 2 is 1.85 bits per heavy atom. The Labute approximate surface area is 78.9 Å². The topological polar surface area (TPSA) is 36.3 Å². The molecule has 2 atom stereocenters. The van der Waals surface area contributed by atoms with Gasteiger partial charge < -0.3 is 4.74 Å². The lowest BCUT2D eigenvalue weighted by Gasteiger charge is -2.50. The van der Waals surface area contributed by atoms with Crippen molar-refractivity contribution in [1.29, 1.82) is 5.26 Å². The van der Waals surface area contributed by atoms with Crippen molar-refractivity contribution in [3.05, 3.63) is 0 Å². The summed E-state index contributed by atoms with van der Waals surface area (Å²) in [5.41, 5.74) is 0.480. The zero-order valence-electron chi connectivity index (χ0n) is 7.88. The number of rotatable bonds is 0. The van der Waals surface area contributed by atoms with Crippen LogP contribution in [0, 0.1) is 16.7 Å². The number of epoxide rings is 1. The molecule has 0 bridgehead atoms. The van der Waals surface area contributed by atoms with E-state index in [-0.39, 0.29) is 11.7 Å². The predicted octanol–water partition coefficient (Wildman–Crippen LogP) is 2.39. The summed E-state index contributed by atoms with van der Waals surface area (Å²) >= 11 is 0. The van der Waals surface area contributed by atoms with E-state index in [1.807, 2.05) is 0 Å². The Bertz CT molecular complexity index is 274. The second-order valence-electron chi connectivity index (χ2n) is 4.86. The third-order valence-electron chi connectivity index (χ3n) is 4.50. The summed E-state index contributed by atoms with van der Waals surface area (Å²) < 4.78 is 5.62. The highest BCUT2D eigenvalue weighted by molar-refractivity contribution is 5.27. The van der Waals surface area contributed by atoms with Crippen molar-refractivity contribution < 1.29 is 4.74 Å². The molecule has 2 heteroatoms. The number of nitriles is 1. The molecule has 70 valence electrons. The Hall–Kier alpha value is -0.550. The Kier molecular flexibility index (Phi) is 1.37. The van der Waals surface area contributed by atoms with Crippen molar-refractivity contribution in [2.45, 2.75) is 56.7 Å². The molecule has 0 aromatic heterocycles. The van der Waals surface area contributed by atoms with Crippen LogP contribution < -0.4 is 0 Å². The van der Waals surface area contributed by atoms with Gasteiger partial charge in [0, 0.05) is 5.41 Å². The van der Waals surface area contributed by atoms with E-state index in [4.69, 9.17) is 10.00 Å². The van der Waals surface area contributed by atoms with Crippen LogP contribution in [0.3, 0.4) is 0 Å². The molecule has 2 saturated carbocycles. The Morgan fingerprint density at radius 1 is 1.08 bits per heavy atom. The zero-order valence-corrected chi connectivity index (χ0v) is 7.88. The van der Waals surface area contributed by atoms with Gasteiger partial charge in [-0.05, 0) is 25.7 Å². The third kappa shape index (κ3) is 0.770. The molecule has 2 aliphatic carbocycles. The highest BCUT2D eigenvalue weighted by Gasteiger charge is 2.74. The molecule has 3 rings (SSSR count). The number of fused-ring (bicyclic) bond motifs is 1. The van der Waals surface area contributed by atoms with Crippen LogP contribution in [-0.4, -0.2) is 11.7 Å². The summed E-state index contributed by atoms with van der Waals surface area (Å²) in [5, 5.41) is 8.85. The van der Waals surface area contributed by atoms with Crippen LogP contribution in [0.2, 0.25) is 0 Å². The van der Waals surface area contributed by atoms with E-state index in [1.54, 1.807) is 0 Å². The minimum atomic E-state index is -0.0562. The van der Waals surface area contributed by atoms with Gasteiger partial charge in [-0.2, -0.15) is 5.26 Å². The minimum Gasteiger partial charge on any atom is -0.349 e. The summed E-state index contributed by atoms with van der Waals surface area (Å²) in [6.45, 7) is 0. The van der Waals surface area contributed by atoms with E-state index in [1.165, 1.54) is 38.5 Å². The van der Waals surface area contributed by atoms with Gasteiger partial charge in [-0.25, -0.2) is 0 Å². The van der Waals surface area contributed by atoms with Gasteiger partial charge in [-0.3, -0.25) is 0 Å². The number of nitrogens with zero attached hydrogens (tertiary/aromatic N) is 1. The maximum atomic E-state index is 8.85. The maximum absolute atomic E-state index is 8.85. The van der Waals surface area contributed by atoms with Gasteiger partial charge in [0.15, 0.2) is 6.10 Å². The summed E-state index contributed by atoms with van der Waals surface area (Å²) in [6.07, 6.45) is 9.10. The largest absolute Gasteiger partial charge is 0.349 e. The normalized spacial score (nSPS) is 45.6. The van der Waals surface area contributed by atoms with Crippen LogP contribution in [0.15, 0.2) is 0 Å². The van der Waals surface area contributed by atoms with Gasteiger partial charge in [-0.15, -0.1) is 0 Å². The molecule has 0 aromatic carbocycles. The standard InChI is InChI=1S/C11H15NO/c12-8-9-11(13-9)7-6-10(11)4-2-1-3-5-10/h9H,1-7H2. The Morgan fingerprint density at radius 3 is 2.31 bits per heavy atom. The fourth-order valence-electron chi connectivity index (χ4n) is 3.53. The van der Waals surface area contributed by atoms with E-state index in [9.17, 15) is 0 Å². The second-order valence-corrected chi connectivity index (χ2v) is 4.86. The van der Waals surface area contributed by atoms with Gasteiger partial charge in [0.05, 0.1) is 6.07 Å². The summed E-state index contributed by atoms with van der Waals surface area (Å²) in [6, 6.07) is 2.28. The summed E-state index contributed by atoms with van der Waals surface area (Å²) in [5.74, 6) is 0. The van der Waals surface area contributed by atoms with Crippen molar-refractivity contribution >= 4 is 0 Å². The van der Waals surface area contributed by atoms with Crippen molar-refractivity contribution in [2.75, 3.05) is 0 Å². The molecule has 1 heterocycles. The smallest absolute Gasteiger partial charge is 0.174 e. The monoisotopic (exact) mass is 177 g/mol. The molecular weight excluding hydrogens is 162 g/mol. The molecule has 13 heavy (non-hydrogen) atoms. The van der Waals surface area contributed by atoms with Crippen LogP contribution in [0.4, 0.5) is 0 Å². The molecule has 0 N–H and O–H groups in total. The van der Waals surface area contributed by atoms with E-state index in [0.29, 0.717) is 5.41 Å². The summed E-state index contributed by atoms with van der Waals surface area (Å²) in [7, 11) is 0. The van der Waals surface area contributed by atoms with E-state index < -0.39 is 0 Å². The molecule has 0 radical (unpaired) electrons. The van der Waals surface area contributed by atoms with E-state index >= 15 is 0 Å². The minimum absolute atomic E-state index is 0.0438. The number of hydrogen-bond donors (Lipinski definition) is 0. The first-order valence-electron chi connectivity index (χ1n) is 5.40. The molecule has 3 aliphatic rings. The fourth-order valence-corrected chi connectivity index (χ4v) is 3.53. The van der Waals surface area contributed by atoms with Crippen LogP contribution in [0.25, 0.3) is 0 Å². The second kappa shape index (κ2) is 2.27. The number of hydrogen-bond acceptors (Lipinski definition) is 2. The van der Waals surface area contributed by atoms with Crippen molar-refractivity contribution in [3.8, 4) is 6.07 Å². The van der Waals surface area contributed by atoms with Gasteiger partial charge in [0.25, 0.3) is 0 Å². The predicted molar refractivity (Wildman–Crippen MR) is 48.0 cm³/mol. The first-order chi connectivity index (χ1) is 6.33. The van der Waals surface area contributed by atoms with Crippen LogP contribution in [-0.2, 0) is 4.74 Å². The quantitative estimate of drug-likeness (QED) is 0.533. The summed E-state index contributed by atoms with van der Waals surface area (Å²) in [4.78, 5) is 0. The molecule has 1 aliphatic heterocycles. The average Bonchev–Trinajstić information content (AvgIpc) is 2.94. The lowest BCUT2D eigenvalue weighted by Crippen LogP contribution is -2.50. The van der Waals surface area contributed by atoms with E-state index in [0.717, 1.165) is 6.42 Å². The molecule has 2 nitrogen and oxygen atoms in total. The van der Waals surface area contributed by atoms with Crippen molar-refractivity contribution in [3.63, 3.8) is 0 Å². The van der Waals surface area contributed by atoms with Crippen LogP contribution >= 0.6 is 0 Å². The molecule has 0 amide bonds. The van der Waals surface area contributed by atoms with Crippen molar-refractivity contribution in [2.24, 2.45) is 5.41 Å². The average molecular weight is 177 g/mol. The lowest BCUT2D eigenvalue weighted by molar-refractivity contribution is -0.0382. The maximum Gasteiger partial charge on any atom is 0.174 e. The first kappa shape index (κ1) is 7.82. The van der Waals surface area contributed by atoms with Gasteiger partial charge in [0.2, 0.25) is 0 Å². The fraction of sp³-hybridized carbons (Fsp3) is 0.909. The van der Waals surface area contributed by atoms with E-state index in [2.05, 4.69) is 6.07 Å². The van der Waals surface area contributed by atoms with Gasteiger partial charge >= 0.3 is 0 Å².